The van der Waals surface area contributed by atoms with Crippen molar-refractivity contribution < 1.29 is 14.3 Å². The Labute approximate surface area is 194 Å². The minimum Gasteiger partial charge on any atom is -0.478 e. The molecule has 0 spiro atoms. The van der Waals surface area contributed by atoms with Gasteiger partial charge in [0.15, 0.2) is 0 Å². The number of carbonyl (C=O) groups is 1. The van der Waals surface area contributed by atoms with E-state index in [-0.39, 0.29) is 17.3 Å². The molecule has 174 valence electrons. The first kappa shape index (κ1) is 23.0. The number of aliphatic carboxylic acids is 1. The zero-order chi connectivity index (χ0) is 23.4. The fourth-order valence-electron chi connectivity index (χ4n) is 4.50. The molecule has 33 heavy (non-hydrogen) atoms. The first-order valence-electron chi connectivity index (χ1n) is 11.4. The molecule has 1 saturated heterocycles. The number of nitrogens with one attached hydrogen (secondary N) is 1. The van der Waals surface area contributed by atoms with Crippen LogP contribution in [0.15, 0.2) is 78.1 Å². The van der Waals surface area contributed by atoms with E-state index in [1.165, 1.54) is 11.6 Å². The van der Waals surface area contributed by atoms with Crippen LogP contribution in [0.3, 0.4) is 0 Å². The lowest BCUT2D eigenvalue weighted by molar-refractivity contribution is -0.134. The van der Waals surface area contributed by atoms with Crippen LogP contribution in [-0.4, -0.2) is 64.2 Å². The van der Waals surface area contributed by atoms with E-state index >= 15 is 0 Å². The lowest BCUT2D eigenvalue weighted by Crippen LogP contribution is -2.58. The van der Waals surface area contributed by atoms with Crippen LogP contribution in [0, 0.1) is 5.82 Å². The van der Waals surface area contributed by atoms with Gasteiger partial charge in [0.2, 0.25) is 0 Å². The van der Waals surface area contributed by atoms with Crippen LogP contribution < -0.4 is 5.32 Å². The highest BCUT2D eigenvalue weighted by atomic mass is 19.1. The molecule has 0 aromatic heterocycles. The second-order valence-electron chi connectivity index (χ2n) is 8.77. The van der Waals surface area contributed by atoms with Crippen molar-refractivity contribution >= 4 is 11.7 Å². The minimum atomic E-state index is -0.999. The summed E-state index contributed by atoms with van der Waals surface area (Å²) < 4.78 is 14.3. The van der Waals surface area contributed by atoms with Crippen LogP contribution in [0.1, 0.15) is 19.4 Å². The molecule has 0 radical (unpaired) electrons. The van der Waals surface area contributed by atoms with Gasteiger partial charge in [0.05, 0.1) is 17.0 Å². The van der Waals surface area contributed by atoms with Crippen LogP contribution in [0.25, 0.3) is 0 Å². The number of hydrogen-bond donors (Lipinski definition) is 2. The van der Waals surface area contributed by atoms with Gasteiger partial charge in [-0.1, -0.05) is 42.5 Å². The van der Waals surface area contributed by atoms with Gasteiger partial charge in [-0.05, 0) is 37.6 Å². The third kappa shape index (κ3) is 5.26. The number of para-hydroxylation sites is 1. The maximum absolute atomic E-state index is 14.3. The standard InChI is InChI=1S/C26H31FN4O2/c1-19(2)31-13-12-23(28-22-11-7-6-10-21(22)27)24(26(32)33)25(31)30-16-14-29(15-17-30)18-20-8-4-3-5-9-20/h3-13,19,25,28H,14-18H2,1-2H3,(H,32,33). The summed E-state index contributed by atoms with van der Waals surface area (Å²) in [6.45, 7) is 8.19. The van der Waals surface area contributed by atoms with E-state index in [0.717, 1.165) is 32.7 Å². The number of allylic oxidation sites excluding steroid dienone is 1. The Balaban J connectivity index is 1.57. The molecule has 0 bridgehead atoms. The van der Waals surface area contributed by atoms with E-state index in [2.05, 4.69) is 58.1 Å². The van der Waals surface area contributed by atoms with Crippen molar-refractivity contribution in [2.24, 2.45) is 0 Å². The van der Waals surface area contributed by atoms with E-state index in [9.17, 15) is 14.3 Å². The molecule has 1 atom stereocenters. The van der Waals surface area contributed by atoms with E-state index in [1.54, 1.807) is 24.3 Å². The van der Waals surface area contributed by atoms with Crippen molar-refractivity contribution in [1.82, 2.24) is 14.7 Å². The van der Waals surface area contributed by atoms with Crippen molar-refractivity contribution in [3.63, 3.8) is 0 Å². The molecule has 6 nitrogen and oxygen atoms in total. The number of carboxylic acids is 1. The molecular formula is C26H31FN4O2. The summed E-state index contributed by atoms with van der Waals surface area (Å²) >= 11 is 0. The fourth-order valence-corrected chi connectivity index (χ4v) is 4.50. The topological polar surface area (TPSA) is 59.1 Å². The van der Waals surface area contributed by atoms with Gasteiger partial charge in [-0.2, -0.15) is 0 Å². The predicted molar refractivity (Wildman–Crippen MR) is 128 cm³/mol. The molecule has 0 amide bonds. The molecule has 0 aliphatic carbocycles. The molecule has 1 unspecified atom stereocenters. The lowest BCUT2D eigenvalue weighted by atomic mass is 10.0. The third-order valence-electron chi connectivity index (χ3n) is 6.22. The second kappa shape index (κ2) is 10.2. The van der Waals surface area contributed by atoms with E-state index in [4.69, 9.17) is 0 Å². The number of rotatable bonds is 7. The average Bonchev–Trinajstić information content (AvgIpc) is 2.81. The maximum Gasteiger partial charge on any atom is 0.337 e. The van der Waals surface area contributed by atoms with Crippen molar-refractivity contribution in [2.45, 2.75) is 32.6 Å². The van der Waals surface area contributed by atoms with E-state index < -0.39 is 18.0 Å². The highest BCUT2D eigenvalue weighted by molar-refractivity contribution is 5.91. The van der Waals surface area contributed by atoms with Crippen LogP contribution in [-0.2, 0) is 11.3 Å². The molecule has 2 aromatic rings. The second-order valence-corrected chi connectivity index (χ2v) is 8.77. The van der Waals surface area contributed by atoms with Gasteiger partial charge in [-0.25, -0.2) is 9.18 Å². The van der Waals surface area contributed by atoms with Gasteiger partial charge >= 0.3 is 5.97 Å². The van der Waals surface area contributed by atoms with Gasteiger partial charge in [-0.3, -0.25) is 9.80 Å². The quantitative estimate of drug-likeness (QED) is 0.666. The van der Waals surface area contributed by atoms with Crippen molar-refractivity contribution in [3.05, 3.63) is 89.5 Å². The Hall–Kier alpha value is -3.16. The number of benzene rings is 2. The summed E-state index contributed by atoms with van der Waals surface area (Å²) in [5.74, 6) is -1.42. The number of hydrogen-bond acceptors (Lipinski definition) is 5. The highest BCUT2D eigenvalue weighted by Crippen LogP contribution is 2.29. The minimum absolute atomic E-state index is 0.109. The number of nitrogens with zero attached hydrogens (tertiary/aromatic N) is 3. The molecule has 1 fully saturated rings. The molecule has 2 heterocycles. The lowest BCUT2D eigenvalue weighted by Gasteiger charge is -2.47. The summed E-state index contributed by atoms with van der Waals surface area (Å²) in [7, 11) is 0. The fraction of sp³-hybridized carbons (Fsp3) is 0.346. The summed E-state index contributed by atoms with van der Waals surface area (Å²) in [5.41, 5.74) is 2.20. The summed E-state index contributed by atoms with van der Waals surface area (Å²) in [5, 5.41) is 13.2. The first-order valence-corrected chi connectivity index (χ1v) is 11.4. The van der Waals surface area contributed by atoms with Gasteiger partial charge in [0.25, 0.3) is 0 Å². The molecule has 0 saturated carbocycles. The normalized spacial score (nSPS) is 19.9. The zero-order valence-electron chi connectivity index (χ0n) is 19.1. The van der Waals surface area contributed by atoms with Crippen LogP contribution in [0.5, 0.6) is 0 Å². The van der Waals surface area contributed by atoms with Gasteiger partial charge in [0, 0.05) is 45.0 Å². The Kier molecular flexibility index (Phi) is 7.11. The molecule has 4 rings (SSSR count). The summed E-state index contributed by atoms with van der Waals surface area (Å²) in [4.78, 5) is 19.2. The van der Waals surface area contributed by atoms with Crippen molar-refractivity contribution in [3.8, 4) is 0 Å². The molecule has 2 aliphatic heterocycles. The molecule has 2 aliphatic rings. The van der Waals surface area contributed by atoms with Crippen molar-refractivity contribution in [2.75, 3.05) is 31.5 Å². The number of anilines is 1. The molecule has 2 aromatic carbocycles. The van der Waals surface area contributed by atoms with Gasteiger partial charge in [-0.15, -0.1) is 0 Å². The predicted octanol–water partition coefficient (Wildman–Crippen LogP) is 3.96. The molecule has 2 N–H and O–H groups in total. The SMILES string of the molecule is CC(C)N1C=CC(Nc2ccccc2F)=C(C(=O)O)C1N1CCN(Cc2ccccc2)CC1. The van der Waals surface area contributed by atoms with E-state index in [1.807, 2.05) is 12.3 Å². The van der Waals surface area contributed by atoms with Crippen LogP contribution in [0.2, 0.25) is 0 Å². The van der Waals surface area contributed by atoms with Gasteiger partial charge in [0.1, 0.15) is 12.0 Å². The Morgan fingerprint density at radius 2 is 1.73 bits per heavy atom. The zero-order valence-corrected chi connectivity index (χ0v) is 19.1. The smallest absolute Gasteiger partial charge is 0.337 e. The summed E-state index contributed by atoms with van der Waals surface area (Å²) in [6.07, 6.45) is 3.22. The highest BCUT2D eigenvalue weighted by Gasteiger charge is 2.38. The maximum atomic E-state index is 14.3. The monoisotopic (exact) mass is 450 g/mol. The Morgan fingerprint density at radius 3 is 2.36 bits per heavy atom. The van der Waals surface area contributed by atoms with Gasteiger partial charge < -0.3 is 15.3 Å². The number of piperazine rings is 1. The third-order valence-corrected chi connectivity index (χ3v) is 6.22. The van der Waals surface area contributed by atoms with Crippen LogP contribution in [0.4, 0.5) is 10.1 Å². The van der Waals surface area contributed by atoms with Crippen LogP contribution >= 0.6 is 0 Å². The van der Waals surface area contributed by atoms with Crippen molar-refractivity contribution in [1.29, 1.82) is 0 Å². The Morgan fingerprint density at radius 1 is 1.06 bits per heavy atom. The number of carboxylic acid groups (broad SMARTS) is 1. The summed E-state index contributed by atoms with van der Waals surface area (Å²) in [6, 6.07) is 16.8. The first-order chi connectivity index (χ1) is 15.9. The Bertz CT molecular complexity index is 1030. The molecule has 7 heteroatoms. The average molecular weight is 451 g/mol. The largest absolute Gasteiger partial charge is 0.478 e. The molecular weight excluding hydrogens is 419 g/mol. The van der Waals surface area contributed by atoms with E-state index in [0.29, 0.717) is 5.70 Å². The number of halogens is 1.